The third-order valence-corrected chi connectivity index (χ3v) is 9.88. The second kappa shape index (κ2) is 33.8. The van der Waals surface area contributed by atoms with Crippen LogP contribution in [0.15, 0.2) is 24.3 Å². The molecule has 286 valence electrons. The van der Waals surface area contributed by atoms with Crippen molar-refractivity contribution in [1.82, 2.24) is 10.6 Å². The van der Waals surface area contributed by atoms with Gasteiger partial charge in [-0.25, -0.2) is 0 Å². The molecule has 1 aliphatic heterocycles. The van der Waals surface area contributed by atoms with Gasteiger partial charge in [0.05, 0.1) is 12.7 Å². The Hall–Kier alpha value is -1.34. The first-order valence-electron chi connectivity index (χ1n) is 20.8. The number of amides is 1. The largest absolute Gasteiger partial charge is 0.379 e. The highest BCUT2D eigenvalue weighted by Crippen LogP contribution is 2.17. The molecule has 1 aromatic rings. The molecule has 1 atom stereocenters. The highest BCUT2D eigenvalue weighted by Gasteiger charge is 2.15. The van der Waals surface area contributed by atoms with E-state index in [0.29, 0.717) is 18.7 Å². The topological polar surface area (TPSA) is 62.8 Å². The molecule has 49 heavy (non-hydrogen) atoms. The van der Waals surface area contributed by atoms with Crippen LogP contribution in [-0.4, -0.2) is 64.6 Å². The zero-order chi connectivity index (χ0) is 34.2. The van der Waals surface area contributed by atoms with Gasteiger partial charge >= 0.3 is 0 Å². The minimum atomic E-state index is -0.115. The molecule has 0 radical (unpaired) electrons. The average Bonchev–Trinajstić information content (AvgIpc) is 3.12. The summed E-state index contributed by atoms with van der Waals surface area (Å²) in [5.74, 6) is -0.0353. The third kappa shape index (κ3) is 25.3. The maximum Gasteiger partial charge on any atom is 0.251 e. The van der Waals surface area contributed by atoms with Gasteiger partial charge in [-0.15, -0.1) is 12.4 Å². The number of nitrogens with zero attached hydrogens (tertiary/aromatic N) is 1. The van der Waals surface area contributed by atoms with Crippen LogP contribution in [0, 0.1) is 0 Å². The zero-order valence-electron chi connectivity index (χ0n) is 32.1. The molecule has 0 aromatic heterocycles. The number of carbonyl (C=O) groups excluding carboxylic acids is 1. The second-order valence-electron chi connectivity index (χ2n) is 14.3. The lowest BCUT2D eigenvalue weighted by atomic mass is 10.1. The van der Waals surface area contributed by atoms with E-state index in [4.69, 9.17) is 9.47 Å². The number of benzene rings is 1. The van der Waals surface area contributed by atoms with Crippen LogP contribution in [-0.2, 0) is 9.47 Å². The summed E-state index contributed by atoms with van der Waals surface area (Å²) in [6.07, 6.45) is 32.1. The standard InChI is InChI=1S/C42H77N3O3.ClH/c1-3-5-7-9-11-13-15-17-19-21-23-25-34-47-38-41(48-35-26-24-22-20-18-16-14-12-10-8-6-4-2)37-44-42(46)39-28-27-29-40(36-39)45-32-30-43-31-33-45;/h27-29,36,41,43H,3-26,30-35,37-38H2,1-2H3,(H,44,46);1H. The lowest BCUT2D eigenvalue weighted by Crippen LogP contribution is -2.43. The number of rotatable bonds is 33. The van der Waals surface area contributed by atoms with Gasteiger partial charge in [-0.3, -0.25) is 4.79 Å². The van der Waals surface area contributed by atoms with Gasteiger partial charge in [0.15, 0.2) is 0 Å². The summed E-state index contributed by atoms with van der Waals surface area (Å²) in [5, 5.41) is 6.55. The quantitative estimate of drug-likeness (QED) is 0.0712. The minimum Gasteiger partial charge on any atom is -0.379 e. The number of ether oxygens (including phenoxy) is 2. The number of halogens is 1. The predicted octanol–water partition coefficient (Wildman–Crippen LogP) is 11.1. The Morgan fingerprint density at radius 2 is 1.16 bits per heavy atom. The van der Waals surface area contributed by atoms with Crippen molar-refractivity contribution in [2.45, 2.75) is 174 Å². The molecule has 6 nitrogen and oxygen atoms in total. The van der Waals surface area contributed by atoms with Crippen LogP contribution < -0.4 is 15.5 Å². The molecule has 0 bridgehead atoms. The monoisotopic (exact) mass is 708 g/mol. The minimum absolute atomic E-state index is 0. The summed E-state index contributed by atoms with van der Waals surface area (Å²) in [6, 6.07) is 8.03. The van der Waals surface area contributed by atoms with Crippen LogP contribution in [0.4, 0.5) is 5.69 Å². The lowest BCUT2D eigenvalue weighted by Gasteiger charge is -2.29. The van der Waals surface area contributed by atoms with E-state index >= 15 is 0 Å². The van der Waals surface area contributed by atoms with Gasteiger partial charge in [0.1, 0.15) is 0 Å². The van der Waals surface area contributed by atoms with E-state index in [1.165, 1.54) is 141 Å². The van der Waals surface area contributed by atoms with Gasteiger partial charge in [-0.2, -0.15) is 0 Å². The Labute approximate surface area is 309 Å². The fraction of sp³-hybridized carbons (Fsp3) is 0.833. The molecule has 0 saturated carbocycles. The molecule has 1 aromatic carbocycles. The molecule has 1 aliphatic rings. The molecule has 2 N–H and O–H groups in total. The van der Waals surface area contributed by atoms with Gasteiger partial charge in [0.2, 0.25) is 0 Å². The smallest absolute Gasteiger partial charge is 0.251 e. The van der Waals surface area contributed by atoms with Gasteiger partial charge in [0.25, 0.3) is 5.91 Å². The van der Waals surface area contributed by atoms with Crippen LogP contribution in [0.2, 0.25) is 0 Å². The molecule has 0 spiro atoms. The van der Waals surface area contributed by atoms with E-state index in [-0.39, 0.29) is 24.4 Å². The fourth-order valence-electron chi connectivity index (χ4n) is 6.69. The van der Waals surface area contributed by atoms with Crippen molar-refractivity contribution in [2.75, 3.05) is 57.4 Å². The second-order valence-corrected chi connectivity index (χ2v) is 14.3. The molecule has 1 unspecified atom stereocenters. The number of hydrogen-bond donors (Lipinski definition) is 2. The first kappa shape index (κ1) is 45.7. The zero-order valence-corrected chi connectivity index (χ0v) is 32.9. The van der Waals surface area contributed by atoms with E-state index < -0.39 is 0 Å². The van der Waals surface area contributed by atoms with Crippen LogP contribution in [0.5, 0.6) is 0 Å². The Kier molecular flexibility index (Phi) is 31.5. The van der Waals surface area contributed by atoms with Gasteiger partial charge in [0, 0.05) is 57.2 Å². The van der Waals surface area contributed by atoms with E-state index in [9.17, 15) is 4.79 Å². The van der Waals surface area contributed by atoms with Crippen molar-refractivity contribution in [2.24, 2.45) is 0 Å². The van der Waals surface area contributed by atoms with Crippen LogP contribution in [0.25, 0.3) is 0 Å². The summed E-state index contributed by atoms with van der Waals surface area (Å²) in [5.41, 5.74) is 1.83. The SMILES string of the molecule is CCCCCCCCCCCCCCOCC(CNC(=O)c1cccc(N2CCNCC2)c1)OCCCCCCCCCCCCCC.Cl. The number of nitrogens with one attached hydrogen (secondary N) is 2. The van der Waals surface area contributed by atoms with Crippen LogP contribution in [0.3, 0.4) is 0 Å². The van der Waals surface area contributed by atoms with Gasteiger partial charge in [-0.05, 0) is 31.0 Å². The molecule has 1 heterocycles. The maximum absolute atomic E-state index is 13.1. The molecule has 1 fully saturated rings. The van der Waals surface area contributed by atoms with Gasteiger partial charge < -0.3 is 25.0 Å². The molecule has 1 saturated heterocycles. The van der Waals surface area contributed by atoms with Crippen molar-refractivity contribution >= 4 is 24.0 Å². The predicted molar refractivity (Wildman–Crippen MR) is 214 cm³/mol. The Balaban J connectivity index is 0.0000120. The van der Waals surface area contributed by atoms with Crippen molar-refractivity contribution in [3.63, 3.8) is 0 Å². The molecule has 1 amide bonds. The summed E-state index contributed by atoms with van der Waals surface area (Å²) in [6.45, 7) is 11.0. The number of anilines is 1. The van der Waals surface area contributed by atoms with Crippen LogP contribution >= 0.6 is 12.4 Å². The molecule has 7 heteroatoms. The van der Waals surface area contributed by atoms with Gasteiger partial charge in [-0.1, -0.05) is 161 Å². The molecular weight excluding hydrogens is 630 g/mol. The lowest BCUT2D eigenvalue weighted by molar-refractivity contribution is -0.0170. The number of hydrogen-bond acceptors (Lipinski definition) is 5. The van der Waals surface area contributed by atoms with Crippen molar-refractivity contribution in [3.8, 4) is 0 Å². The Bertz CT molecular complexity index is 867. The fourth-order valence-corrected chi connectivity index (χ4v) is 6.69. The molecule has 0 aliphatic carbocycles. The highest BCUT2D eigenvalue weighted by molar-refractivity contribution is 5.95. The first-order valence-corrected chi connectivity index (χ1v) is 20.8. The molecule has 2 rings (SSSR count). The molecular formula is C42H78ClN3O3. The van der Waals surface area contributed by atoms with Crippen LogP contribution in [0.1, 0.15) is 178 Å². The van der Waals surface area contributed by atoms with Crippen molar-refractivity contribution < 1.29 is 14.3 Å². The normalized spacial score (nSPS) is 13.7. The summed E-state index contributed by atoms with van der Waals surface area (Å²) in [7, 11) is 0. The van der Waals surface area contributed by atoms with Crippen molar-refractivity contribution in [3.05, 3.63) is 29.8 Å². The third-order valence-electron chi connectivity index (χ3n) is 9.88. The number of carbonyl (C=O) groups is 1. The summed E-state index contributed by atoms with van der Waals surface area (Å²) < 4.78 is 12.4. The highest BCUT2D eigenvalue weighted by atomic mass is 35.5. The summed E-state index contributed by atoms with van der Waals surface area (Å²) in [4.78, 5) is 15.5. The number of piperazine rings is 1. The Morgan fingerprint density at radius 3 is 1.67 bits per heavy atom. The van der Waals surface area contributed by atoms with Crippen molar-refractivity contribution in [1.29, 1.82) is 0 Å². The Morgan fingerprint density at radius 1 is 0.694 bits per heavy atom. The number of unbranched alkanes of at least 4 members (excludes halogenated alkanes) is 22. The first-order chi connectivity index (χ1) is 23.7. The summed E-state index contributed by atoms with van der Waals surface area (Å²) >= 11 is 0. The van der Waals surface area contributed by atoms with E-state index in [1.807, 2.05) is 18.2 Å². The maximum atomic E-state index is 13.1. The average molecular weight is 709 g/mol. The van der Waals surface area contributed by atoms with E-state index in [0.717, 1.165) is 57.9 Å². The van der Waals surface area contributed by atoms with E-state index in [2.05, 4.69) is 35.4 Å². The van der Waals surface area contributed by atoms with E-state index in [1.54, 1.807) is 0 Å².